The van der Waals surface area contributed by atoms with E-state index in [9.17, 15) is 0 Å². The van der Waals surface area contributed by atoms with Crippen LogP contribution in [0.2, 0.25) is 10.3 Å². The second-order valence-corrected chi connectivity index (χ2v) is 4.32. The normalized spacial score (nSPS) is 26.2. The zero-order valence-corrected chi connectivity index (χ0v) is 9.02. The van der Waals surface area contributed by atoms with Crippen LogP contribution in [0.4, 0.5) is 0 Å². The van der Waals surface area contributed by atoms with Gasteiger partial charge >= 0.3 is 0 Å². The van der Waals surface area contributed by atoms with Crippen LogP contribution >= 0.6 is 23.2 Å². The summed E-state index contributed by atoms with van der Waals surface area (Å²) in [6.45, 7) is 4.00. The van der Waals surface area contributed by atoms with Gasteiger partial charge in [-0.2, -0.15) is 0 Å². The molecule has 2 rings (SSSR count). The van der Waals surface area contributed by atoms with Gasteiger partial charge in [0.25, 0.3) is 0 Å². The first-order valence-corrected chi connectivity index (χ1v) is 5.04. The van der Waals surface area contributed by atoms with Gasteiger partial charge in [0, 0.05) is 11.5 Å². The lowest BCUT2D eigenvalue weighted by Gasteiger charge is -2.02. The molecule has 0 bridgehead atoms. The summed E-state index contributed by atoms with van der Waals surface area (Å²) in [5, 5.41) is 0.961. The minimum absolute atomic E-state index is 0.468. The fraction of sp³-hybridized carbons (Fsp3) is 0.556. The summed E-state index contributed by atoms with van der Waals surface area (Å²) in [4.78, 5) is 8.43. The summed E-state index contributed by atoms with van der Waals surface area (Å²) in [7, 11) is 0. The molecule has 1 aliphatic rings. The van der Waals surface area contributed by atoms with E-state index in [-0.39, 0.29) is 0 Å². The number of nitrogens with zero attached hydrogens (tertiary/aromatic N) is 2. The van der Waals surface area contributed by atoms with Crippen LogP contribution in [-0.4, -0.2) is 9.97 Å². The Bertz CT molecular complexity index is 328. The smallest absolute Gasteiger partial charge is 0.137 e. The molecule has 1 aliphatic carbocycles. The van der Waals surface area contributed by atoms with Gasteiger partial charge in [-0.25, -0.2) is 9.97 Å². The molecule has 0 radical (unpaired) electrons. The van der Waals surface area contributed by atoms with Gasteiger partial charge in [-0.15, -0.1) is 0 Å². The van der Waals surface area contributed by atoms with E-state index >= 15 is 0 Å². The molecule has 0 aromatic carbocycles. The van der Waals surface area contributed by atoms with E-state index in [1.54, 1.807) is 0 Å². The Labute approximate surface area is 87.3 Å². The zero-order valence-electron chi connectivity index (χ0n) is 7.51. The van der Waals surface area contributed by atoms with Gasteiger partial charge in [0.15, 0.2) is 0 Å². The maximum Gasteiger partial charge on any atom is 0.137 e. The summed E-state index contributed by atoms with van der Waals surface area (Å²) in [6, 6.07) is 0. The second-order valence-electron chi connectivity index (χ2n) is 3.61. The van der Waals surface area contributed by atoms with Crippen LogP contribution in [0.3, 0.4) is 0 Å². The summed E-state index contributed by atoms with van der Waals surface area (Å²) in [5.74, 6) is 1.94. The standard InChI is InChI=1S/C9H10Cl2N2/c1-4-3-6(4)9-12-7(10)5(2)8(11)13-9/h4,6H,3H2,1-2H3. The lowest BCUT2D eigenvalue weighted by Crippen LogP contribution is -1.97. The average molecular weight is 217 g/mol. The SMILES string of the molecule is Cc1c(Cl)nc(C2CC2C)nc1Cl. The number of halogens is 2. The molecule has 70 valence electrons. The summed E-state index contributed by atoms with van der Waals surface area (Å²) >= 11 is 11.8. The Hall–Kier alpha value is -0.340. The van der Waals surface area contributed by atoms with Gasteiger partial charge in [-0.1, -0.05) is 30.1 Å². The monoisotopic (exact) mass is 216 g/mol. The van der Waals surface area contributed by atoms with E-state index in [2.05, 4.69) is 16.9 Å². The van der Waals surface area contributed by atoms with Crippen LogP contribution in [0.1, 0.15) is 30.7 Å². The molecule has 1 aromatic heterocycles. The lowest BCUT2D eigenvalue weighted by atomic mass is 10.3. The molecule has 0 amide bonds. The van der Waals surface area contributed by atoms with Gasteiger partial charge < -0.3 is 0 Å². The number of hydrogen-bond donors (Lipinski definition) is 0. The maximum absolute atomic E-state index is 5.90. The molecule has 0 aliphatic heterocycles. The van der Waals surface area contributed by atoms with Crippen molar-refractivity contribution in [2.45, 2.75) is 26.2 Å². The highest BCUT2D eigenvalue weighted by molar-refractivity contribution is 6.34. The number of aromatic nitrogens is 2. The number of hydrogen-bond acceptors (Lipinski definition) is 2. The molecule has 1 aromatic rings. The fourth-order valence-electron chi connectivity index (χ4n) is 1.33. The van der Waals surface area contributed by atoms with E-state index in [4.69, 9.17) is 23.2 Å². The largest absolute Gasteiger partial charge is 0.221 e. The van der Waals surface area contributed by atoms with E-state index < -0.39 is 0 Å². The summed E-state index contributed by atoms with van der Waals surface area (Å²) < 4.78 is 0. The Morgan fingerprint density at radius 3 is 2.08 bits per heavy atom. The van der Waals surface area contributed by atoms with Crippen molar-refractivity contribution < 1.29 is 0 Å². The van der Waals surface area contributed by atoms with Crippen molar-refractivity contribution >= 4 is 23.2 Å². The molecule has 13 heavy (non-hydrogen) atoms. The van der Waals surface area contributed by atoms with Crippen LogP contribution in [0.5, 0.6) is 0 Å². The van der Waals surface area contributed by atoms with Crippen molar-refractivity contribution in [3.8, 4) is 0 Å². The van der Waals surface area contributed by atoms with Gasteiger partial charge in [0.1, 0.15) is 16.1 Å². The highest BCUT2D eigenvalue weighted by Crippen LogP contribution is 2.46. The molecule has 0 saturated heterocycles. The predicted octanol–water partition coefficient (Wildman–Crippen LogP) is 3.22. The molecular weight excluding hydrogens is 207 g/mol. The van der Waals surface area contributed by atoms with E-state index in [0.29, 0.717) is 22.1 Å². The van der Waals surface area contributed by atoms with Crippen molar-refractivity contribution in [2.24, 2.45) is 5.92 Å². The molecule has 1 saturated carbocycles. The van der Waals surface area contributed by atoms with Crippen molar-refractivity contribution in [1.82, 2.24) is 9.97 Å². The highest BCUT2D eigenvalue weighted by Gasteiger charge is 2.37. The van der Waals surface area contributed by atoms with E-state index in [0.717, 1.165) is 17.8 Å². The summed E-state index contributed by atoms with van der Waals surface area (Å²) in [5.41, 5.74) is 0.764. The van der Waals surface area contributed by atoms with Gasteiger partial charge in [0.05, 0.1) is 0 Å². The third-order valence-electron chi connectivity index (χ3n) is 2.49. The van der Waals surface area contributed by atoms with Crippen molar-refractivity contribution in [2.75, 3.05) is 0 Å². The van der Waals surface area contributed by atoms with Gasteiger partial charge in [-0.3, -0.25) is 0 Å². The minimum atomic E-state index is 0.468. The first kappa shape index (κ1) is 9.22. The third kappa shape index (κ3) is 1.65. The fourth-order valence-corrected chi connectivity index (χ4v) is 1.73. The summed E-state index contributed by atoms with van der Waals surface area (Å²) in [6.07, 6.45) is 1.15. The van der Waals surface area contributed by atoms with Crippen molar-refractivity contribution in [1.29, 1.82) is 0 Å². The third-order valence-corrected chi connectivity index (χ3v) is 3.22. The maximum atomic E-state index is 5.90. The topological polar surface area (TPSA) is 25.8 Å². The van der Waals surface area contributed by atoms with Gasteiger partial charge in [-0.05, 0) is 19.3 Å². The van der Waals surface area contributed by atoms with Crippen LogP contribution < -0.4 is 0 Å². The van der Waals surface area contributed by atoms with E-state index in [1.807, 2.05) is 6.92 Å². The van der Waals surface area contributed by atoms with Crippen LogP contribution in [0.25, 0.3) is 0 Å². The van der Waals surface area contributed by atoms with Crippen LogP contribution in [-0.2, 0) is 0 Å². The Kier molecular flexibility index (Phi) is 2.20. The highest BCUT2D eigenvalue weighted by atomic mass is 35.5. The first-order valence-electron chi connectivity index (χ1n) is 4.29. The average Bonchev–Trinajstić information content (AvgIpc) is 2.77. The molecule has 4 heteroatoms. The second kappa shape index (κ2) is 3.10. The van der Waals surface area contributed by atoms with Crippen LogP contribution in [0, 0.1) is 12.8 Å². The van der Waals surface area contributed by atoms with Crippen molar-refractivity contribution in [3.05, 3.63) is 21.7 Å². The minimum Gasteiger partial charge on any atom is -0.221 e. The molecule has 0 spiro atoms. The quantitative estimate of drug-likeness (QED) is 0.675. The molecular formula is C9H10Cl2N2. The Morgan fingerprint density at radius 1 is 1.23 bits per heavy atom. The Balaban J connectivity index is 2.39. The van der Waals surface area contributed by atoms with Crippen molar-refractivity contribution in [3.63, 3.8) is 0 Å². The molecule has 1 heterocycles. The van der Waals surface area contributed by atoms with Gasteiger partial charge in [0.2, 0.25) is 0 Å². The predicted molar refractivity (Wildman–Crippen MR) is 53.3 cm³/mol. The lowest BCUT2D eigenvalue weighted by molar-refractivity contribution is 0.838. The molecule has 1 fully saturated rings. The molecule has 2 nitrogen and oxygen atoms in total. The van der Waals surface area contributed by atoms with E-state index in [1.165, 1.54) is 0 Å². The molecule has 0 N–H and O–H groups in total. The molecule has 2 unspecified atom stereocenters. The molecule has 2 atom stereocenters. The first-order chi connectivity index (χ1) is 6.09. The Morgan fingerprint density at radius 2 is 1.69 bits per heavy atom. The number of rotatable bonds is 1. The zero-order chi connectivity index (χ0) is 9.59. The van der Waals surface area contributed by atoms with Crippen LogP contribution in [0.15, 0.2) is 0 Å².